The molecule has 3 heterocycles. The third kappa shape index (κ3) is 2.43. The summed E-state index contributed by atoms with van der Waals surface area (Å²) in [5.74, 6) is 1.62. The van der Waals surface area contributed by atoms with Gasteiger partial charge in [-0.3, -0.25) is 5.10 Å². The Balaban J connectivity index is 1.80. The summed E-state index contributed by atoms with van der Waals surface area (Å²) < 4.78 is 1.10. The number of aromatic amines is 1. The number of H-pyrrole nitrogens is 1. The van der Waals surface area contributed by atoms with Crippen molar-refractivity contribution in [3.8, 4) is 11.4 Å². The summed E-state index contributed by atoms with van der Waals surface area (Å²) in [4.78, 5) is 6.78. The number of halogens is 1. The minimum Gasteiger partial charge on any atom is -0.337 e. The predicted octanol–water partition coefficient (Wildman–Crippen LogP) is 2.09. The molecule has 0 unspecified atom stereocenters. The highest BCUT2D eigenvalue weighted by molar-refractivity contribution is 9.11. The van der Waals surface area contributed by atoms with Crippen LogP contribution in [0.15, 0.2) is 15.2 Å². The van der Waals surface area contributed by atoms with Crippen LogP contribution in [0.2, 0.25) is 0 Å². The number of nitrogens with zero attached hydrogens (tertiary/aromatic N) is 3. The maximum Gasteiger partial charge on any atom is 0.245 e. The lowest BCUT2D eigenvalue weighted by atomic mass is 10.2. The molecule has 1 saturated heterocycles. The zero-order valence-electron chi connectivity index (χ0n) is 9.98. The third-order valence-corrected chi connectivity index (χ3v) is 4.47. The van der Waals surface area contributed by atoms with Gasteiger partial charge >= 0.3 is 0 Å². The molecule has 1 atom stereocenters. The van der Waals surface area contributed by atoms with Crippen molar-refractivity contribution >= 4 is 33.2 Å². The zero-order chi connectivity index (χ0) is 12.5. The average molecular weight is 328 g/mol. The van der Waals surface area contributed by atoms with E-state index in [0.29, 0.717) is 6.04 Å². The van der Waals surface area contributed by atoms with Gasteiger partial charge in [0.05, 0.1) is 3.79 Å². The van der Waals surface area contributed by atoms with Gasteiger partial charge in [-0.25, -0.2) is 0 Å². The van der Waals surface area contributed by atoms with Crippen LogP contribution in [0.4, 0.5) is 5.95 Å². The molecule has 0 bridgehead atoms. The van der Waals surface area contributed by atoms with Crippen molar-refractivity contribution in [1.29, 1.82) is 0 Å². The maximum absolute atomic E-state index is 4.57. The van der Waals surface area contributed by atoms with Gasteiger partial charge in [-0.05, 0) is 28.9 Å². The van der Waals surface area contributed by atoms with Crippen LogP contribution in [0.1, 0.15) is 6.92 Å². The first kappa shape index (κ1) is 12.1. The molecule has 5 nitrogen and oxygen atoms in total. The molecule has 7 heteroatoms. The number of hydrogen-bond donors (Lipinski definition) is 2. The van der Waals surface area contributed by atoms with Crippen LogP contribution in [0.5, 0.6) is 0 Å². The molecule has 0 amide bonds. The molecular formula is C11H14BrN5S. The van der Waals surface area contributed by atoms with E-state index in [1.165, 1.54) is 0 Å². The van der Waals surface area contributed by atoms with Crippen molar-refractivity contribution in [3.63, 3.8) is 0 Å². The van der Waals surface area contributed by atoms with Crippen molar-refractivity contribution in [1.82, 2.24) is 20.5 Å². The molecule has 0 radical (unpaired) electrons. The summed E-state index contributed by atoms with van der Waals surface area (Å²) in [7, 11) is 0. The number of anilines is 1. The summed E-state index contributed by atoms with van der Waals surface area (Å²) in [6, 6.07) is 2.53. The van der Waals surface area contributed by atoms with E-state index in [0.717, 1.165) is 40.8 Å². The van der Waals surface area contributed by atoms with E-state index < -0.39 is 0 Å². The Labute approximate surface area is 118 Å². The average Bonchev–Trinajstić information content (AvgIpc) is 2.97. The number of aromatic nitrogens is 3. The number of thiophene rings is 1. The molecule has 1 aliphatic heterocycles. The van der Waals surface area contributed by atoms with Crippen molar-refractivity contribution in [3.05, 3.63) is 15.2 Å². The molecule has 2 aromatic rings. The Morgan fingerprint density at radius 1 is 1.56 bits per heavy atom. The van der Waals surface area contributed by atoms with Gasteiger partial charge in [0.1, 0.15) is 0 Å². The monoisotopic (exact) mass is 327 g/mol. The van der Waals surface area contributed by atoms with Crippen molar-refractivity contribution < 1.29 is 0 Å². The third-order valence-electron chi connectivity index (χ3n) is 2.97. The Morgan fingerprint density at radius 3 is 3.17 bits per heavy atom. The molecule has 1 fully saturated rings. The van der Waals surface area contributed by atoms with Crippen molar-refractivity contribution in [2.24, 2.45) is 0 Å². The minimum absolute atomic E-state index is 0.482. The van der Waals surface area contributed by atoms with Crippen LogP contribution >= 0.6 is 27.3 Å². The SMILES string of the molecule is C[C@H]1CN(c2n[nH]c(-c3csc(Br)c3)n2)CCN1. The highest BCUT2D eigenvalue weighted by atomic mass is 79.9. The second kappa shape index (κ2) is 4.99. The second-order valence-corrected chi connectivity index (χ2v) is 6.72. The molecule has 2 N–H and O–H groups in total. The van der Waals surface area contributed by atoms with E-state index in [4.69, 9.17) is 0 Å². The zero-order valence-corrected chi connectivity index (χ0v) is 12.4. The van der Waals surface area contributed by atoms with Gasteiger partial charge in [0.25, 0.3) is 0 Å². The lowest BCUT2D eigenvalue weighted by Gasteiger charge is -2.30. The maximum atomic E-state index is 4.57. The number of piperazine rings is 1. The molecule has 0 aromatic carbocycles. The highest BCUT2D eigenvalue weighted by Crippen LogP contribution is 2.27. The predicted molar refractivity (Wildman–Crippen MR) is 77.1 cm³/mol. The van der Waals surface area contributed by atoms with E-state index >= 15 is 0 Å². The molecule has 0 aliphatic carbocycles. The molecule has 18 heavy (non-hydrogen) atoms. The Hall–Kier alpha value is -0.920. The summed E-state index contributed by atoms with van der Waals surface area (Å²) in [5, 5.41) is 12.8. The first-order chi connectivity index (χ1) is 8.72. The van der Waals surface area contributed by atoms with Crippen LogP contribution < -0.4 is 10.2 Å². The van der Waals surface area contributed by atoms with Gasteiger partial charge in [0.15, 0.2) is 5.82 Å². The van der Waals surface area contributed by atoms with Crippen LogP contribution in [0, 0.1) is 0 Å². The quantitative estimate of drug-likeness (QED) is 0.886. The van der Waals surface area contributed by atoms with Crippen LogP contribution in [-0.2, 0) is 0 Å². The first-order valence-corrected chi connectivity index (χ1v) is 7.55. The molecule has 1 aliphatic rings. The summed E-state index contributed by atoms with van der Waals surface area (Å²) >= 11 is 5.11. The van der Waals surface area contributed by atoms with E-state index in [1.54, 1.807) is 11.3 Å². The first-order valence-electron chi connectivity index (χ1n) is 5.87. The lowest BCUT2D eigenvalue weighted by molar-refractivity contribution is 0.480. The van der Waals surface area contributed by atoms with Gasteiger partial charge in [-0.15, -0.1) is 16.4 Å². The summed E-state index contributed by atoms with van der Waals surface area (Å²) in [5.41, 5.74) is 1.08. The van der Waals surface area contributed by atoms with Crippen LogP contribution in [-0.4, -0.2) is 40.9 Å². The number of hydrogen-bond acceptors (Lipinski definition) is 5. The molecule has 3 rings (SSSR count). The largest absolute Gasteiger partial charge is 0.337 e. The highest BCUT2D eigenvalue weighted by Gasteiger charge is 2.19. The standard InChI is InChI=1S/C11H14BrN5S/c1-7-5-17(3-2-13-7)11-14-10(15-16-11)8-4-9(12)18-6-8/h4,6-7,13H,2-3,5H2,1H3,(H,14,15,16)/t7-/m0/s1. The Morgan fingerprint density at radius 2 is 2.44 bits per heavy atom. The van der Waals surface area contributed by atoms with Crippen LogP contribution in [0.25, 0.3) is 11.4 Å². The molecular weight excluding hydrogens is 314 g/mol. The van der Waals surface area contributed by atoms with E-state index in [-0.39, 0.29) is 0 Å². The van der Waals surface area contributed by atoms with Gasteiger partial charge < -0.3 is 10.2 Å². The molecule has 0 saturated carbocycles. The second-order valence-electron chi connectivity index (χ2n) is 4.42. The Bertz CT molecular complexity index is 537. The van der Waals surface area contributed by atoms with E-state index in [1.807, 2.05) is 0 Å². The van der Waals surface area contributed by atoms with Gasteiger partial charge in [-0.2, -0.15) is 4.98 Å². The fraction of sp³-hybridized carbons (Fsp3) is 0.455. The number of rotatable bonds is 2. The topological polar surface area (TPSA) is 56.8 Å². The lowest BCUT2D eigenvalue weighted by Crippen LogP contribution is -2.49. The minimum atomic E-state index is 0.482. The summed E-state index contributed by atoms with van der Waals surface area (Å²) in [6.07, 6.45) is 0. The van der Waals surface area contributed by atoms with Crippen molar-refractivity contribution in [2.75, 3.05) is 24.5 Å². The van der Waals surface area contributed by atoms with Gasteiger partial charge in [-0.1, -0.05) is 0 Å². The van der Waals surface area contributed by atoms with Gasteiger partial charge in [0, 0.05) is 36.6 Å². The normalized spacial score (nSPS) is 20.3. The smallest absolute Gasteiger partial charge is 0.245 e. The Kier molecular flexibility index (Phi) is 3.36. The van der Waals surface area contributed by atoms with Crippen LogP contribution in [0.3, 0.4) is 0 Å². The van der Waals surface area contributed by atoms with Crippen molar-refractivity contribution in [2.45, 2.75) is 13.0 Å². The molecule has 96 valence electrons. The van der Waals surface area contributed by atoms with E-state index in [2.05, 4.69) is 59.7 Å². The fourth-order valence-corrected chi connectivity index (χ4v) is 3.21. The molecule has 0 spiro atoms. The number of nitrogens with one attached hydrogen (secondary N) is 2. The summed E-state index contributed by atoms with van der Waals surface area (Å²) in [6.45, 7) is 5.06. The van der Waals surface area contributed by atoms with Gasteiger partial charge in [0.2, 0.25) is 5.95 Å². The fourth-order valence-electron chi connectivity index (χ4n) is 2.07. The molecule has 2 aromatic heterocycles. The van der Waals surface area contributed by atoms with E-state index in [9.17, 15) is 0 Å².